The van der Waals surface area contributed by atoms with Crippen molar-refractivity contribution in [2.45, 2.75) is 69.3 Å². The van der Waals surface area contributed by atoms with E-state index in [1.807, 2.05) is 45.0 Å². The number of hydrogen-bond acceptors (Lipinski definition) is 4. The molecule has 0 radical (unpaired) electrons. The zero-order valence-electron chi connectivity index (χ0n) is 19.4. The Kier molecular flexibility index (Phi) is 7.81. The quantitative estimate of drug-likeness (QED) is 0.563. The van der Waals surface area contributed by atoms with Gasteiger partial charge in [0.15, 0.2) is 0 Å². The lowest BCUT2D eigenvalue weighted by atomic mass is 10.0. The molecule has 2 atom stereocenters. The molecule has 176 valence electrons. The molecule has 0 aromatic heterocycles. The van der Waals surface area contributed by atoms with Crippen LogP contribution in [-0.4, -0.2) is 44.6 Å². The molecule has 3 rings (SSSR count). The maximum Gasteiger partial charge on any atom is 0.243 e. The minimum atomic E-state index is -3.79. The van der Waals surface area contributed by atoms with Crippen LogP contribution in [0.3, 0.4) is 0 Å². The number of rotatable bonds is 8. The zero-order valence-corrected chi connectivity index (χ0v) is 21.0. The van der Waals surface area contributed by atoms with Gasteiger partial charge in [-0.3, -0.25) is 0 Å². The smallest absolute Gasteiger partial charge is 0.207 e. The van der Waals surface area contributed by atoms with E-state index >= 15 is 0 Å². The lowest BCUT2D eigenvalue weighted by Gasteiger charge is -2.30. The molecule has 2 aromatic carbocycles. The van der Waals surface area contributed by atoms with Gasteiger partial charge in [-0.25, -0.2) is 16.8 Å². The molecule has 1 fully saturated rings. The van der Waals surface area contributed by atoms with Crippen LogP contribution in [-0.2, 0) is 26.6 Å². The van der Waals surface area contributed by atoms with Crippen LogP contribution in [0.5, 0.6) is 0 Å². The van der Waals surface area contributed by atoms with Crippen molar-refractivity contribution < 1.29 is 16.8 Å². The van der Waals surface area contributed by atoms with Crippen LogP contribution in [0.2, 0.25) is 0 Å². The first-order chi connectivity index (χ1) is 15.1. The van der Waals surface area contributed by atoms with E-state index in [4.69, 9.17) is 0 Å². The van der Waals surface area contributed by atoms with E-state index in [1.54, 1.807) is 0 Å². The van der Waals surface area contributed by atoms with Crippen molar-refractivity contribution in [3.05, 3.63) is 59.7 Å². The van der Waals surface area contributed by atoms with Gasteiger partial charge < -0.3 is 0 Å². The molecule has 0 bridgehead atoms. The fraction of sp³-hybridized carbons (Fsp3) is 0.500. The van der Waals surface area contributed by atoms with Crippen LogP contribution in [0, 0.1) is 12.8 Å². The van der Waals surface area contributed by atoms with Gasteiger partial charge in [0.25, 0.3) is 0 Å². The van der Waals surface area contributed by atoms with E-state index in [1.165, 1.54) is 32.9 Å². The van der Waals surface area contributed by atoms with Crippen molar-refractivity contribution in [1.29, 1.82) is 0 Å². The predicted molar refractivity (Wildman–Crippen MR) is 127 cm³/mol. The van der Waals surface area contributed by atoms with E-state index in [0.29, 0.717) is 25.4 Å². The summed E-state index contributed by atoms with van der Waals surface area (Å²) in [5.41, 5.74) is 2.03. The van der Waals surface area contributed by atoms with Crippen LogP contribution in [0.1, 0.15) is 51.2 Å². The molecule has 32 heavy (non-hydrogen) atoms. The highest BCUT2D eigenvalue weighted by atomic mass is 32.2. The van der Waals surface area contributed by atoms with Crippen molar-refractivity contribution in [2.75, 3.05) is 13.1 Å². The summed E-state index contributed by atoms with van der Waals surface area (Å²) < 4.78 is 56.0. The Labute approximate surface area is 193 Å². The van der Waals surface area contributed by atoms with E-state index in [0.717, 1.165) is 24.0 Å². The summed E-state index contributed by atoms with van der Waals surface area (Å²) in [5.74, 6) is 0.323. The van der Waals surface area contributed by atoms with Crippen molar-refractivity contribution in [1.82, 2.24) is 8.61 Å². The molecule has 2 aromatic rings. The van der Waals surface area contributed by atoms with E-state index in [9.17, 15) is 16.8 Å². The fourth-order valence-corrected chi connectivity index (χ4v) is 7.28. The first-order valence-electron chi connectivity index (χ1n) is 11.2. The Morgan fingerprint density at radius 1 is 1.00 bits per heavy atom. The van der Waals surface area contributed by atoms with E-state index in [2.05, 4.69) is 6.92 Å². The van der Waals surface area contributed by atoms with Crippen LogP contribution in [0.25, 0.3) is 0 Å². The number of nitrogens with zero attached hydrogens (tertiary/aromatic N) is 2. The second-order valence-electron chi connectivity index (χ2n) is 8.87. The zero-order chi connectivity index (χ0) is 23.5. The Hall–Kier alpha value is -1.74. The molecule has 0 amide bonds. The van der Waals surface area contributed by atoms with Gasteiger partial charge >= 0.3 is 0 Å². The molecule has 6 nitrogen and oxygen atoms in total. The lowest BCUT2D eigenvalue weighted by molar-refractivity contribution is 0.281. The van der Waals surface area contributed by atoms with Gasteiger partial charge in [-0.05, 0) is 68.9 Å². The third kappa shape index (κ3) is 5.42. The highest BCUT2D eigenvalue weighted by Gasteiger charge is 2.31. The van der Waals surface area contributed by atoms with Gasteiger partial charge in [0, 0.05) is 25.7 Å². The standard InChI is InChI=1S/C24H34N2O4S2/c1-5-21(4)26(18-22-10-8-19(2)9-11-22)32(29,30)24-14-12-23(13-15-24)31(27,28)25-16-6-7-20(3)17-25/h8-15,20-21H,5-7,16-18H2,1-4H3/t20-,21-/m0/s1. The Morgan fingerprint density at radius 3 is 2.16 bits per heavy atom. The minimum Gasteiger partial charge on any atom is -0.207 e. The summed E-state index contributed by atoms with van der Waals surface area (Å²) in [7, 11) is -7.42. The molecule has 0 spiro atoms. The first kappa shape index (κ1) is 24.9. The molecule has 8 heteroatoms. The van der Waals surface area contributed by atoms with Gasteiger partial charge in [-0.15, -0.1) is 0 Å². The van der Waals surface area contributed by atoms with E-state index < -0.39 is 20.0 Å². The average molecular weight is 479 g/mol. The summed E-state index contributed by atoms with van der Waals surface area (Å²) in [6.45, 7) is 9.16. The van der Waals surface area contributed by atoms with Gasteiger partial charge in [0.2, 0.25) is 20.0 Å². The highest BCUT2D eigenvalue weighted by molar-refractivity contribution is 7.89. The molecule has 0 N–H and O–H groups in total. The summed E-state index contributed by atoms with van der Waals surface area (Å²) in [5, 5.41) is 0. The van der Waals surface area contributed by atoms with Gasteiger partial charge in [-0.1, -0.05) is 43.7 Å². The monoisotopic (exact) mass is 478 g/mol. The number of sulfonamides is 2. The maximum absolute atomic E-state index is 13.5. The largest absolute Gasteiger partial charge is 0.243 e. The number of hydrogen-bond donors (Lipinski definition) is 0. The molecule has 1 aliphatic rings. The molecule has 0 unspecified atom stereocenters. The van der Waals surface area contributed by atoms with Crippen molar-refractivity contribution in [2.24, 2.45) is 5.92 Å². The Bertz CT molecular complexity index is 1110. The molecular weight excluding hydrogens is 444 g/mol. The number of aryl methyl sites for hydroxylation is 1. The minimum absolute atomic E-state index is 0.107. The normalized spacial score (nSPS) is 19.2. The number of benzene rings is 2. The average Bonchev–Trinajstić information content (AvgIpc) is 2.78. The topological polar surface area (TPSA) is 74.8 Å². The Balaban J connectivity index is 1.88. The molecule has 1 heterocycles. The van der Waals surface area contributed by atoms with Gasteiger partial charge in [0.05, 0.1) is 9.79 Å². The van der Waals surface area contributed by atoms with E-state index in [-0.39, 0.29) is 22.4 Å². The third-order valence-corrected chi connectivity index (χ3v) is 10.1. The molecule has 1 aliphatic heterocycles. The summed E-state index contributed by atoms with van der Waals surface area (Å²) >= 11 is 0. The van der Waals surface area contributed by atoms with Crippen LogP contribution in [0.4, 0.5) is 0 Å². The lowest BCUT2D eigenvalue weighted by Crippen LogP contribution is -2.39. The number of piperidine rings is 1. The van der Waals surface area contributed by atoms with Crippen LogP contribution < -0.4 is 0 Å². The fourth-order valence-electron chi connectivity index (χ4n) is 3.99. The first-order valence-corrected chi connectivity index (χ1v) is 14.1. The van der Waals surface area contributed by atoms with Gasteiger partial charge in [0.1, 0.15) is 0 Å². The van der Waals surface area contributed by atoms with Crippen molar-refractivity contribution in [3.63, 3.8) is 0 Å². The van der Waals surface area contributed by atoms with Crippen LogP contribution >= 0.6 is 0 Å². The molecule has 1 saturated heterocycles. The summed E-state index contributed by atoms with van der Waals surface area (Å²) in [6.07, 6.45) is 2.54. The van der Waals surface area contributed by atoms with Crippen molar-refractivity contribution in [3.8, 4) is 0 Å². The molecule has 0 saturated carbocycles. The highest BCUT2D eigenvalue weighted by Crippen LogP contribution is 2.27. The molecular formula is C24H34N2O4S2. The van der Waals surface area contributed by atoms with Gasteiger partial charge in [-0.2, -0.15) is 8.61 Å². The Morgan fingerprint density at radius 2 is 1.59 bits per heavy atom. The second kappa shape index (κ2) is 10.0. The SMILES string of the molecule is CC[C@H](C)N(Cc1ccc(C)cc1)S(=O)(=O)c1ccc(S(=O)(=O)N2CCC[C@H](C)C2)cc1. The summed E-state index contributed by atoms with van der Waals surface area (Å²) in [6, 6.07) is 13.3. The third-order valence-electron chi connectivity index (χ3n) is 6.23. The molecule has 0 aliphatic carbocycles. The predicted octanol–water partition coefficient (Wildman–Crippen LogP) is 4.41. The maximum atomic E-state index is 13.5. The second-order valence-corrected chi connectivity index (χ2v) is 12.7. The summed E-state index contributed by atoms with van der Waals surface area (Å²) in [4.78, 5) is 0.245. The van der Waals surface area contributed by atoms with Crippen molar-refractivity contribution >= 4 is 20.0 Å². The van der Waals surface area contributed by atoms with Crippen LogP contribution in [0.15, 0.2) is 58.3 Å².